The van der Waals surface area contributed by atoms with E-state index in [9.17, 15) is 0 Å². The van der Waals surface area contributed by atoms with E-state index in [0.29, 0.717) is 0 Å². The number of hydrogen-bond acceptors (Lipinski definition) is 0. The van der Waals surface area contributed by atoms with Crippen molar-refractivity contribution in [3.8, 4) is 0 Å². The summed E-state index contributed by atoms with van der Waals surface area (Å²) in [6, 6.07) is 10.5. The van der Waals surface area contributed by atoms with Gasteiger partial charge in [0.1, 0.15) is 0 Å². The first-order valence-electron chi connectivity index (χ1n) is 5.00. The topological polar surface area (TPSA) is 0 Å². The molecule has 1 radical (unpaired) electrons. The fourth-order valence-electron chi connectivity index (χ4n) is 1.37. The van der Waals surface area contributed by atoms with E-state index < -0.39 is 0 Å². The first kappa shape index (κ1) is 8.55. The Morgan fingerprint density at radius 2 is 1.92 bits per heavy atom. The number of allylic oxidation sites excluding steroid dienone is 1. The molecule has 0 spiro atoms. The Bertz CT molecular complexity index is 267. The molecule has 0 nitrogen and oxygen atoms in total. The van der Waals surface area contributed by atoms with Crippen LogP contribution in [-0.4, -0.2) is 0 Å². The van der Waals surface area contributed by atoms with E-state index in [1.54, 1.807) is 0 Å². The Kier molecular flexibility index (Phi) is 2.81. The van der Waals surface area contributed by atoms with Crippen molar-refractivity contribution in [2.45, 2.75) is 19.3 Å². The van der Waals surface area contributed by atoms with Gasteiger partial charge in [-0.3, -0.25) is 0 Å². The molecular formula is C13H15. The third kappa shape index (κ3) is 3.06. The Labute approximate surface area is 80.3 Å². The lowest BCUT2D eigenvalue weighted by atomic mass is 10.1. The lowest BCUT2D eigenvalue weighted by Gasteiger charge is -1.91. The van der Waals surface area contributed by atoms with E-state index in [1.165, 1.54) is 18.4 Å². The van der Waals surface area contributed by atoms with Crippen LogP contribution in [0.1, 0.15) is 24.8 Å². The average Bonchev–Trinajstić information content (AvgIpc) is 2.98. The quantitative estimate of drug-likeness (QED) is 0.648. The molecule has 0 amide bonds. The van der Waals surface area contributed by atoms with Crippen molar-refractivity contribution in [3.05, 3.63) is 48.4 Å². The van der Waals surface area contributed by atoms with Gasteiger partial charge < -0.3 is 0 Å². The molecule has 0 atom stereocenters. The largest absolute Gasteiger partial charge is 0.0836 e. The molecule has 0 heterocycles. The maximum absolute atomic E-state index is 2.42. The summed E-state index contributed by atoms with van der Waals surface area (Å²) in [7, 11) is 0. The molecule has 1 aliphatic rings. The maximum atomic E-state index is 2.42. The molecule has 0 aliphatic heterocycles. The minimum atomic E-state index is 0.931. The number of rotatable bonds is 4. The van der Waals surface area contributed by atoms with Crippen molar-refractivity contribution in [1.29, 1.82) is 0 Å². The third-order valence-electron chi connectivity index (χ3n) is 2.34. The van der Waals surface area contributed by atoms with Crippen molar-refractivity contribution < 1.29 is 0 Å². The van der Waals surface area contributed by atoms with Gasteiger partial charge in [0.05, 0.1) is 0 Å². The molecule has 0 bridgehead atoms. The van der Waals surface area contributed by atoms with Gasteiger partial charge >= 0.3 is 0 Å². The zero-order valence-electron chi connectivity index (χ0n) is 7.82. The highest BCUT2D eigenvalue weighted by Gasteiger charge is 2.19. The molecule has 13 heavy (non-hydrogen) atoms. The summed E-state index contributed by atoms with van der Waals surface area (Å²) in [4.78, 5) is 0. The van der Waals surface area contributed by atoms with Crippen molar-refractivity contribution in [2.24, 2.45) is 5.92 Å². The minimum Gasteiger partial charge on any atom is -0.0836 e. The highest BCUT2D eigenvalue weighted by molar-refractivity contribution is 5.48. The van der Waals surface area contributed by atoms with Gasteiger partial charge in [0.25, 0.3) is 0 Å². The van der Waals surface area contributed by atoms with Gasteiger partial charge in [0.2, 0.25) is 0 Å². The standard InChI is InChI=1S/C13H15/c1-2-6-12(7-3-1)8-4-5-9-13-10-11-13/h1-4,6-9,13H,5,10-11H2/b8-4+. The fraction of sp³-hybridized carbons (Fsp3) is 0.308. The van der Waals surface area contributed by atoms with E-state index in [1.807, 2.05) is 6.07 Å². The second-order valence-electron chi connectivity index (χ2n) is 3.62. The van der Waals surface area contributed by atoms with Gasteiger partial charge in [-0.15, -0.1) is 0 Å². The van der Waals surface area contributed by atoms with Crippen molar-refractivity contribution >= 4 is 6.08 Å². The zero-order valence-corrected chi connectivity index (χ0v) is 7.82. The Hall–Kier alpha value is -1.04. The highest BCUT2D eigenvalue weighted by Crippen LogP contribution is 2.32. The van der Waals surface area contributed by atoms with Crippen LogP contribution in [-0.2, 0) is 0 Å². The van der Waals surface area contributed by atoms with Gasteiger partial charge in [0, 0.05) is 0 Å². The molecule has 0 aromatic heterocycles. The number of benzene rings is 1. The Morgan fingerprint density at radius 1 is 1.15 bits per heavy atom. The molecule has 2 rings (SSSR count). The second kappa shape index (κ2) is 4.27. The average molecular weight is 171 g/mol. The summed E-state index contributed by atoms with van der Waals surface area (Å²) >= 11 is 0. The van der Waals surface area contributed by atoms with E-state index in [2.05, 4.69) is 42.8 Å². The Balaban J connectivity index is 1.76. The second-order valence-corrected chi connectivity index (χ2v) is 3.62. The molecule has 1 aromatic rings. The van der Waals surface area contributed by atoms with Crippen LogP contribution in [0, 0.1) is 12.3 Å². The summed E-state index contributed by atoms with van der Waals surface area (Å²) in [5.41, 5.74) is 1.30. The number of hydrogen-bond donors (Lipinski definition) is 0. The summed E-state index contributed by atoms with van der Waals surface area (Å²) in [6.07, 6.45) is 10.8. The van der Waals surface area contributed by atoms with Crippen LogP contribution < -0.4 is 0 Å². The highest BCUT2D eigenvalue weighted by atomic mass is 14.2. The van der Waals surface area contributed by atoms with Crippen LogP contribution in [0.15, 0.2) is 36.4 Å². The van der Waals surface area contributed by atoms with Crippen LogP contribution in [0.5, 0.6) is 0 Å². The molecule has 1 saturated carbocycles. The lowest BCUT2D eigenvalue weighted by Crippen LogP contribution is -1.74. The molecule has 67 valence electrons. The van der Waals surface area contributed by atoms with Crippen molar-refractivity contribution in [2.75, 3.05) is 0 Å². The zero-order chi connectivity index (χ0) is 8.93. The van der Waals surface area contributed by atoms with Gasteiger partial charge in [-0.25, -0.2) is 0 Å². The third-order valence-corrected chi connectivity index (χ3v) is 2.34. The summed E-state index contributed by atoms with van der Waals surface area (Å²) in [5, 5.41) is 0. The molecule has 0 N–H and O–H groups in total. The van der Waals surface area contributed by atoms with Crippen LogP contribution in [0.4, 0.5) is 0 Å². The van der Waals surface area contributed by atoms with Gasteiger partial charge in [-0.05, 0) is 37.2 Å². The predicted octanol–water partition coefficient (Wildman–Crippen LogP) is 3.70. The molecular weight excluding hydrogens is 156 g/mol. The summed E-state index contributed by atoms with van der Waals surface area (Å²) in [6.45, 7) is 0. The van der Waals surface area contributed by atoms with Gasteiger partial charge in [-0.1, -0.05) is 42.5 Å². The minimum absolute atomic E-state index is 0.931. The van der Waals surface area contributed by atoms with E-state index in [4.69, 9.17) is 0 Å². The van der Waals surface area contributed by atoms with Crippen LogP contribution in [0.2, 0.25) is 0 Å². The molecule has 0 unspecified atom stereocenters. The lowest BCUT2D eigenvalue weighted by molar-refractivity contribution is 0.947. The maximum Gasteiger partial charge on any atom is -0.0260 e. The predicted molar refractivity (Wildman–Crippen MR) is 57.1 cm³/mol. The molecule has 1 aliphatic carbocycles. The van der Waals surface area contributed by atoms with Crippen LogP contribution >= 0.6 is 0 Å². The van der Waals surface area contributed by atoms with Gasteiger partial charge in [-0.2, -0.15) is 0 Å². The SMILES string of the molecule is [CH](C/C=C/c1ccccc1)C1CC1. The normalized spacial score (nSPS) is 16.6. The monoisotopic (exact) mass is 171 g/mol. The van der Waals surface area contributed by atoms with Crippen LogP contribution in [0.25, 0.3) is 6.08 Å². The fourth-order valence-corrected chi connectivity index (χ4v) is 1.37. The first-order chi connectivity index (χ1) is 6.45. The van der Waals surface area contributed by atoms with Crippen molar-refractivity contribution in [3.63, 3.8) is 0 Å². The first-order valence-corrected chi connectivity index (χ1v) is 5.00. The van der Waals surface area contributed by atoms with Gasteiger partial charge in [0.15, 0.2) is 0 Å². The van der Waals surface area contributed by atoms with Crippen molar-refractivity contribution in [1.82, 2.24) is 0 Å². The molecule has 0 saturated heterocycles. The van der Waals surface area contributed by atoms with E-state index in [-0.39, 0.29) is 0 Å². The van der Waals surface area contributed by atoms with Crippen LogP contribution in [0.3, 0.4) is 0 Å². The summed E-state index contributed by atoms with van der Waals surface area (Å²) < 4.78 is 0. The summed E-state index contributed by atoms with van der Waals surface area (Å²) in [5.74, 6) is 0.931. The van der Waals surface area contributed by atoms with E-state index in [0.717, 1.165) is 12.3 Å². The van der Waals surface area contributed by atoms with E-state index >= 15 is 0 Å². The Morgan fingerprint density at radius 3 is 2.62 bits per heavy atom. The molecule has 1 fully saturated rings. The molecule has 1 aromatic carbocycles. The molecule has 0 heteroatoms. The smallest absolute Gasteiger partial charge is 0.0260 e.